The van der Waals surface area contributed by atoms with Crippen molar-refractivity contribution in [3.8, 4) is 0 Å². The van der Waals surface area contributed by atoms with Crippen LogP contribution in [-0.4, -0.2) is 143 Å². The molecule has 1 fully saturated rings. The van der Waals surface area contributed by atoms with Crippen molar-refractivity contribution in [2.45, 2.75) is 326 Å². The minimum Gasteiger partial charge on any atom is -0.477 e. The van der Waals surface area contributed by atoms with Gasteiger partial charge in [0.1, 0.15) is 31.0 Å². The first-order valence-corrected chi connectivity index (χ1v) is 37.8. The van der Waals surface area contributed by atoms with Crippen LogP contribution in [0, 0.1) is 0 Å². The fourth-order valence-corrected chi connectivity index (χ4v) is 12.5. The molecule has 0 aromatic rings. The SMILES string of the molecule is CCCCCCCCCCCCCCCCCCCCCC(=O)OC[C@H](CO[C@]1(C(=O)O)C[C@H](OS(=O)(=O)O)[C@@H](NC(C)=O)[C@H]([C@H](OS(=O)(=O)O)[C@@H](COS(=O)(=O)O)OS(=O)(=O)O)O1)OC(=O)CCCCCCCCCCCCCCCCCCCCC. The molecule has 7 atom stereocenters. The van der Waals surface area contributed by atoms with Crippen LogP contribution < -0.4 is 5.32 Å². The summed E-state index contributed by atoms with van der Waals surface area (Å²) in [6, 6.07) is -2.36. The van der Waals surface area contributed by atoms with Gasteiger partial charge in [0.15, 0.2) is 6.10 Å². The summed E-state index contributed by atoms with van der Waals surface area (Å²) in [5, 5.41) is 12.8. The number of carbonyl (C=O) groups is 4. The van der Waals surface area contributed by atoms with E-state index in [1.165, 1.54) is 161 Å². The number of unbranched alkanes of at least 4 members (excludes halogenated alkanes) is 36. The van der Waals surface area contributed by atoms with E-state index in [0.29, 0.717) is 25.7 Å². The summed E-state index contributed by atoms with van der Waals surface area (Å²) in [6.07, 6.45) is 28.6. The lowest BCUT2D eigenvalue weighted by molar-refractivity contribution is -0.311. The van der Waals surface area contributed by atoms with Crippen LogP contribution >= 0.6 is 0 Å². The van der Waals surface area contributed by atoms with Crippen LogP contribution in [0.1, 0.15) is 284 Å². The highest BCUT2D eigenvalue weighted by Crippen LogP contribution is 2.38. The molecule has 0 aliphatic carbocycles. The van der Waals surface area contributed by atoms with Crippen LogP contribution in [0.15, 0.2) is 0 Å². The first kappa shape index (κ1) is 83.3. The molecule has 0 aromatic heterocycles. The lowest BCUT2D eigenvalue weighted by atomic mass is 9.88. The molecule has 0 unspecified atom stereocenters. The molecule has 1 aliphatic heterocycles. The van der Waals surface area contributed by atoms with Gasteiger partial charge in [-0.2, -0.15) is 33.7 Å². The normalized spacial score (nSPS) is 18.6. The first-order chi connectivity index (χ1) is 41.6. The quantitative estimate of drug-likeness (QED) is 0.0187. The van der Waals surface area contributed by atoms with E-state index in [1.54, 1.807) is 0 Å². The minimum atomic E-state index is -6.01. The summed E-state index contributed by atoms with van der Waals surface area (Å²) in [7, 11) is -23.3. The molecule has 6 N–H and O–H groups in total. The number of aliphatic carboxylic acids is 1. The van der Waals surface area contributed by atoms with E-state index in [1.807, 2.05) is 5.32 Å². The van der Waals surface area contributed by atoms with Gasteiger partial charge < -0.3 is 29.4 Å². The van der Waals surface area contributed by atoms with Crippen molar-refractivity contribution in [2.75, 3.05) is 19.8 Å². The summed E-state index contributed by atoms with van der Waals surface area (Å²) in [4.78, 5) is 52.4. The van der Waals surface area contributed by atoms with Gasteiger partial charge >= 0.3 is 59.5 Å². The Morgan fingerprint density at radius 3 is 1.18 bits per heavy atom. The highest BCUT2D eigenvalue weighted by molar-refractivity contribution is 7.81. The van der Waals surface area contributed by atoms with Crippen LogP contribution in [0.3, 0.4) is 0 Å². The Morgan fingerprint density at radius 2 is 0.852 bits per heavy atom. The fourth-order valence-electron chi connectivity index (χ4n) is 10.7. The predicted octanol–water partition coefficient (Wildman–Crippen LogP) is 11.6. The number of carboxylic acid groups (broad SMARTS) is 1. The number of carbonyl (C=O) groups excluding carboxylic acids is 3. The third-order valence-corrected chi connectivity index (χ3v) is 17.1. The zero-order valence-corrected chi connectivity index (χ0v) is 55.9. The monoisotopic (exact) mass is 1350 g/mol. The van der Waals surface area contributed by atoms with Crippen molar-refractivity contribution >= 4 is 65.4 Å². The molecule has 26 nitrogen and oxygen atoms in total. The Bertz CT molecular complexity index is 2350. The molecule has 1 saturated heterocycles. The van der Waals surface area contributed by atoms with Gasteiger partial charge in [-0.05, 0) is 12.8 Å². The van der Waals surface area contributed by atoms with Crippen molar-refractivity contribution in [2.24, 2.45) is 0 Å². The minimum absolute atomic E-state index is 0.0496. The summed E-state index contributed by atoms with van der Waals surface area (Å²) >= 11 is 0. The number of rotatable bonds is 59. The predicted molar refractivity (Wildman–Crippen MR) is 327 cm³/mol. The summed E-state index contributed by atoms with van der Waals surface area (Å²) in [6.45, 7) is 1.45. The number of hydrogen-bond acceptors (Lipinski definition) is 20. The van der Waals surface area contributed by atoms with Gasteiger partial charge in [0, 0.05) is 26.2 Å². The van der Waals surface area contributed by atoms with E-state index in [9.17, 15) is 76.2 Å². The summed E-state index contributed by atoms with van der Waals surface area (Å²) < 4.78 is 175. The molecule has 0 spiro atoms. The molecule has 0 radical (unpaired) electrons. The van der Waals surface area contributed by atoms with Crippen molar-refractivity contribution in [1.29, 1.82) is 0 Å². The highest BCUT2D eigenvalue weighted by Gasteiger charge is 2.59. The Labute approximate surface area is 526 Å². The molecule has 1 amide bonds. The lowest BCUT2D eigenvalue weighted by Gasteiger charge is -2.48. The molecular weight excluding hydrogens is 1240 g/mol. The number of amides is 1. The van der Waals surface area contributed by atoms with Crippen LogP contribution in [0.4, 0.5) is 0 Å². The molecule has 1 rings (SSSR count). The Kier molecular flexibility index (Phi) is 45.5. The van der Waals surface area contributed by atoms with Gasteiger partial charge in [-0.1, -0.05) is 245 Å². The fraction of sp³-hybridized carbons (Fsp3) is 0.931. The van der Waals surface area contributed by atoms with E-state index in [4.69, 9.17) is 18.9 Å². The smallest absolute Gasteiger partial charge is 0.397 e. The average Bonchev–Trinajstić information content (AvgIpc) is 1.17. The van der Waals surface area contributed by atoms with Crippen molar-refractivity contribution in [1.82, 2.24) is 5.32 Å². The van der Waals surface area contributed by atoms with E-state index in [2.05, 4.69) is 30.6 Å². The van der Waals surface area contributed by atoms with Crippen LogP contribution in [0.25, 0.3) is 0 Å². The molecule has 0 aromatic carbocycles. The molecule has 1 aliphatic rings. The number of hydrogen-bond donors (Lipinski definition) is 6. The number of nitrogens with one attached hydrogen (secondary N) is 1. The molecule has 1 heterocycles. The Balaban J connectivity index is 3.17. The number of esters is 2. The van der Waals surface area contributed by atoms with Gasteiger partial charge in [-0.15, -0.1) is 0 Å². The molecule has 30 heteroatoms. The van der Waals surface area contributed by atoms with Crippen LogP contribution in [0.5, 0.6) is 0 Å². The van der Waals surface area contributed by atoms with Crippen LogP contribution in [-0.2, 0) is 96.5 Å². The van der Waals surface area contributed by atoms with Crippen molar-refractivity contribution in [3.05, 3.63) is 0 Å². The molecule has 520 valence electrons. The average molecular weight is 1350 g/mol. The second kappa shape index (κ2) is 48.1. The highest BCUT2D eigenvalue weighted by atomic mass is 32.3. The van der Waals surface area contributed by atoms with E-state index < -0.39 is 134 Å². The molecular formula is C58H109NO25S4. The van der Waals surface area contributed by atoms with E-state index >= 15 is 0 Å². The number of ether oxygens (including phenoxy) is 4. The van der Waals surface area contributed by atoms with Crippen LogP contribution in [0.2, 0.25) is 0 Å². The van der Waals surface area contributed by atoms with Crippen molar-refractivity contribution < 1.29 is 112 Å². The largest absolute Gasteiger partial charge is 0.477 e. The molecule has 88 heavy (non-hydrogen) atoms. The topological polar surface area (TPSA) is 392 Å². The second-order valence-corrected chi connectivity index (χ2v) is 27.5. The zero-order valence-electron chi connectivity index (χ0n) is 52.6. The molecule has 0 bridgehead atoms. The Morgan fingerprint density at radius 1 is 0.489 bits per heavy atom. The Hall–Kier alpha value is -2.72. The third kappa shape index (κ3) is 45.5. The van der Waals surface area contributed by atoms with Gasteiger partial charge in [-0.3, -0.25) is 32.6 Å². The summed E-state index contributed by atoms with van der Waals surface area (Å²) in [5.41, 5.74) is 0. The summed E-state index contributed by atoms with van der Waals surface area (Å²) in [5.74, 6) is -8.47. The first-order valence-electron chi connectivity index (χ1n) is 32.4. The van der Waals surface area contributed by atoms with Gasteiger partial charge in [-0.25, -0.2) is 21.5 Å². The second-order valence-electron chi connectivity index (χ2n) is 23.2. The van der Waals surface area contributed by atoms with Gasteiger partial charge in [0.2, 0.25) is 5.91 Å². The third-order valence-electron chi connectivity index (χ3n) is 15.2. The standard InChI is InChI=1S/C58H109NO25S4/c1-4-6-8-10-12-14-16-18-20-22-24-26-28-30-32-34-36-38-40-42-52(61)77-45-49(80-53(62)43-41-39-37-35-33-31-29-27-25-23-21-19-17-15-13-11-9-7-5-2)46-78-58(57(63)64)44-50(82-86(68,69)70)54(59-48(3)60)56(81-58)55(84-88(74,75)76)51(83-87(71,72)73)47-79-85(65,66)67/h49-51,54-56H,4-47H2,1-3H3,(H,59,60)(H,63,64)(H,65,66,67)(H,68,69,70)(H,71,72,73)(H,74,75,76)/t49-,50+,51-,54-,55-,56-,58-/m1/s1. The maximum Gasteiger partial charge on any atom is 0.397 e. The maximum atomic E-state index is 13.4. The zero-order chi connectivity index (χ0) is 65.8. The maximum absolute atomic E-state index is 13.4. The lowest BCUT2D eigenvalue weighted by Crippen LogP contribution is -2.69. The number of carboxylic acids is 1. The van der Waals surface area contributed by atoms with Gasteiger partial charge in [0.25, 0.3) is 5.79 Å². The van der Waals surface area contributed by atoms with E-state index in [0.717, 1.165) is 64.7 Å². The van der Waals surface area contributed by atoms with Crippen molar-refractivity contribution in [3.63, 3.8) is 0 Å². The molecule has 0 saturated carbocycles. The van der Waals surface area contributed by atoms with E-state index in [-0.39, 0.29) is 12.8 Å². The van der Waals surface area contributed by atoms with Gasteiger partial charge in [0.05, 0.1) is 19.3 Å².